The second-order valence-corrected chi connectivity index (χ2v) is 3.20. The van der Waals surface area contributed by atoms with Crippen molar-refractivity contribution in [1.29, 1.82) is 0 Å². The first kappa shape index (κ1) is 7.87. The molecule has 0 aromatic carbocycles. The quantitative estimate of drug-likeness (QED) is 0.508. The van der Waals surface area contributed by atoms with Gasteiger partial charge in [0.15, 0.2) is 9.76 Å². The van der Waals surface area contributed by atoms with Gasteiger partial charge in [-0.15, -0.1) is 0 Å². The van der Waals surface area contributed by atoms with Gasteiger partial charge in [-0.2, -0.15) is 0 Å². The maximum atomic E-state index is 5.21. The van der Waals surface area contributed by atoms with Crippen molar-refractivity contribution in [1.82, 2.24) is 0 Å². The first-order chi connectivity index (χ1) is 3.00. The van der Waals surface area contributed by atoms with Gasteiger partial charge in [0.25, 0.3) is 0 Å². The second-order valence-electron chi connectivity index (χ2n) is 1.67. The van der Waals surface area contributed by atoms with Crippen LogP contribution in [0.1, 0.15) is 12.8 Å². The molecule has 0 aliphatic carbocycles. The van der Waals surface area contributed by atoms with Crippen molar-refractivity contribution < 1.29 is 25.5 Å². The summed E-state index contributed by atoms with van der Waals surface area (Å²) < 4.78 is 5.21. The van der Waals surface area contributed by atoms with E-state index in [0.717, 1.165) is 6.61 Å². The van der Waals surface area contributed by atoms with E-state index >= 15 is 0 Å². The summed E-state index contributed by atoms with van der Waals surface area (Å²) in [6.45, 7) is 1.06. The van der Waals surface area contributed by atoms with Gasteiger partial charge in [0.05, 0.1) is 0 Å². The van der Waals surface area contributed by atoms with E-state index in [1.54, 1.807) is 0 Å². The maximum absolute atomic E-state index is 5.21. The molecule has 7 heavy (non-hydrogen) atoms. The summed E-state index contributed by atoms with van der Waals surface area (Å²) in [5, 5.41) is 0. The minimum Gasteiger partial charge on any atom is -0.424 e. The Labute approximate surface area is 61.0 Å². The van der Waals surface area contributed by atoms with E-state index in [1.165, 1.54) is 18.9 Å². The van der Waals surface area contributed by atoms with Crippen LogP contribution in [0.25, 0.3) is 0 Å². The van der Waals surface area contributed by atoms with Gasteiger partial charge in [0, 0.05) is 27.7 Å². The van der Waals surface area contributed by atoms with E-state index in [-0.39, 0.29) is 30.8 Å². The summed E-state index contributed by atoms with van der Waals surface area (Å²) in [7, 11) is 0.00849. The predicted octanol–water partition coefficient (Wildman–Crippen LogP) is 0.296. The molecule has 0 spiro atoms. The first-order valence-corrected chi connectivity index (χ1v) is 4.15. The van der Waals surface area contributed by atoms with Gasteiger partial charge in [0.2, 0.25) is 0 Å². The van der Waals surface area contributed by atoms with Crippen LogP contribution in [0, 0.1) is 0 Å². The van der Waals surface area contributed by atoms with Gasteiger partial charge in [-0.3, -0.25) is 0 Å². The van der Waals surface area contributed by atoms with Crippen molar-refractivity contribution >= 4 is 9.76 Å². The smallest absolute Gasteiger partial charge is 0.161 e. The van der Waals surface area contributed by atoms with E-state index < -0.39 is 0 Å². The average Bonchev–Trinajstić information content (AvgIpc) is 1.72. The minimum atomic E-state index is 0. The minimum absolute atomic E-state index is 0. The van der Waals surface area contributed by atoms with Crippen LogP contribution >= 0.6 is 0 Å². The molecule has 0 bridgehead atoms. The fourth-order valence-electron chi connectivity index (χ4n) is 0.687. The molecule has 1 aliphatic rings. The summed E-state index contributed by atoms with van der Waals surface area (Å²) in [6, 6.07) is 1.42. The predicted molar refractivity (Wildman–Crippen MR) is 28.5 cm³/mol. The average molecular weight is 198 g/mol. The topological polar surface area (TPSA) is 9.23 Å². The zero-order valence-electron chi connectivity index (χ0n) is 4.35. The van der Waals surface area contributed by atoms with E-state index in [9.17, 15) is 0 Å². The Kier molecular flexibility index (Phi) is 5.63. The first-order valence-electron chi connectivity index (χ1n) is 2.58. The third kappa shape index (κ3) is 3.45. The Morgan fingerprint density at radius 1 is 1.29 bits per heavy atom. The zero-order chi connectivity index (χ0) is 4.24. The van der Waals surface area contributed by atoms with Crippen LogP contribution in [-0.4, -0.2) is 16.4 Å². The second kappa shape index (κ2) is 5.01. The van der Waals surface area contributed by atoms with Crippen molar-refractivity contribution in [3.05, 3.63) is 0 Å². The fraction of sp³-hybridized carbons (Fsp3) is 1.00. The third-order valence-corrected chi connectivity index (χ3v) is 2.44. The number of rotatable bonds is 0. The Bertz CT molecular complexity index is 27.2. The number of hydrogen-bond donors (Lipinski definition) is 0. The van der Waals surface area contributed by atoms with Crippen LogP contribution in [0.2, 0.25) is 6.04 Å². The summed E-state index contributed by atoms with van der Waals surface area (Å²) in [6.07, 6.45) is 2.75. The molecular weight excluding hydrogens is 188 g/mol. The normalized spacial score (nSPS) is 24.0. The Balaban J connectivity index is 0.000000360. The molecule has 0 aromatic heterocycles. The van der Waals surface area contributed by atoms with Crippen LogP contribution in [-0.2, 0) is 25.5 Å². The Morgan fingerprint density at radius 2 is 2.14 bits per heavy atom. The summed E-state index contributed by atoms with van der Waals surface area (Å²) in [5.41, 5.74) is 0. The van der Waals surface area contributed by atoms with E-state index in [1.807, 2.05) is 0 Å². The number of hydrogen-bond acceptors (Lipinski definition) is 1. The molecule has 1 rings (SSSR count). The molecule has 1 heterocycles. The van der Waals surface area contributed by atoms with Crippen LogP contribution in [0.5, 0.6) is 0 Å². The van der Waals surface area contributed by atoms with Crippen LogP contribution in [0.3, 0.4) is 0 Å². The van der Waals surface area contributed by atoms with Crippen LogP contribution < -0.4 is 0 Å². The van der Waals surface area contributed by atoms with Gasteiger partial charge < -0.3 is 4.43 Å². The van der Waals surface area contributed by atoms with Gasteiger partial charge in [0.1, 0.15) is 0 Å². The van der Waals surface area contributed by atoms with Crippen LogP contribution in [0.15, 0.2) is 0 Å². The molecule has 0 unspecified atom stereocenters. The molecule has 1 aliphatic heterocycles. The Hall–Kier alpha value is 0.865. The van der Waals surface area contributed by atoms with Gasteiger partial charge in [-0.25, -0.2) is 0 Å². The molecule has 0 aromatic rings. The summed E-state index contributed by atoms with van der Waals surface area (Å²) >= 11 is 0. The summed E-state index contributed by atoms with van der Waals surface area (Å²) in [4.78, 5) is 0. The molecule has 42 valence electrons. The molecule has 3 heteroatoms. The fourth-order valence-corrected chi connectivity index (χ4v) is 1.86. The zero-order valence-corrected chi connectivity index (χ0v) is 7.77. The van der Waals surface area contributed by atoms with Crippen molar-refractivity contribution in [2.45, 2.75) is 18.9 Å². The monoisotopic (exact) mass is 200 g/mol. The SMILES string of the molecule is C1CC[SiH2]OC1.[Mo]. The third-order valence-electron chi connectivity index (χ3n) is 1.08. The van der Waals surface area contributed by atoms with E-state index in [0.29, 0.717) is 0 Å². The molecule has 0 radical (unpaired) electrons. The molecule has 0 amide bonds. The van der Waals surface area contributed by atoms with Crippen molar-refractivity contribution in [3.63, 3.8) is 0 Å². The van der Waals surface area contributed by atoms with Crippen molar-refractivity contribution in [2.24, 2.45) is 0 Å². The molecule has 1 fully saturated rings. The summed E-state index contributed by atoms with van der Waals surface area (Å²) in [5.74, 6) is 0. The standard InChI is InChI=1S/C4H10OSi.Mo/c1-2-4-6-5-3-1;/h1-4,6H2;. The van der Waals surface area contributed by atoms with E-state index in [4.69, 9.17) is 4.43 Å². The van der Waals surface area contributed by atoms with Gasteiger partial charge in [-0.1, -0.05) is 6.42 Å². The van der Waals surface area contributed by atoms with Gasteiger partial charge >= 0.3 is 0 Å². The molecule has 0 N–H and O–H groups in total. The van der Waals surface area contributed by atoms with Crippen molar-refractivity contribution in [3.8, 4) is 0 Å². The Morgan fingerprint density at radius 3 is 2.29 bits per heavy atom. The molecule has 0 saturated carbocycles. The van der Waals surface area contributed by atoms with Crippen LogP contribution in [0.4, 0.5) is 0 Å². The largest absolute Gasteiger partial charge is 0.424 e. The molecule has 1 nitrogen and oxygen atoms in total. The molecule has 0 atom stereocenters. The maximum Gasteiger partial charge on any atom is 0.161 e. The van der Waals surface area contributed by atoms with Gasteiger partial charge in [-0.05, 0) is 12.5 Å². The van der Waals surface area contributed by atoms with E-state index in [2.05, 4.69) is 0 Å². The van der Waals surface area contributed by atoms with Crippen molar-refractivity contribution in [2.75, 3.05) is 6.61 Å². The molecular formula is C4H10MoOSi. The molecule has 1 saturated heterocycles.